The largest absolute Gasteiger partial charge is 0.497 e. The second-order valence-corrected chi connectivity index (χ2v) is 5.52. The van der Waals surface area contributed by atoms with E-state index in [-0.39, 0.29) is 0 Å². The lowest BCUT2D eigenvalue weighted by Crippen LogP contribution is -2.08. The van der Waals surface area contributed by atoms with Gasteiger partial charge in [-0.3, -0.25) is 0 Å². The average molecular weight is 350 g/mol. The number of nitrogens with zero attached hydrogens (tertiary/aromatic N) is 3. The summed E-state index contributed by atoms with van der Waals surface area (Å²) in [5.41, 5.74) is 7.80. The fraction of sp³-hybridized carbons (Fsp3) is 0.105. The van der Waals surface area contributed by atoms with E-state index in [1.165, 1.54) is 4.68 Å². The van der Waals surface area contributed by atoms with E-state index < -0.39 is 5.97 Å². The highest BCUT2D eigenvalue weighted by atomic mass is 16.5. The van der Waals surface area contributed by atoms with E-state index >= 15 is 0 Å². The van der Waals surface area contributed by atoms with Crippen LogP contribution in [0.5, 0.6) is 11.5 Å². The number of imidazole rings is 1. The highest BCUT2D eigenvalue weighted by molar-refractivity contribution is 5.91. The third-order valence-electron chi connectivity index (χ3n) is 3.58. The van der Waals surface area contributed by atoms with Crippen molar-refractivity contribution < 1.29 is 14.3 Å². The van der Waals surface area contributed by atoms with Crippen LogP contribution in [0, 0.1) is 6.92 Å². The maximum atomic E-state index is 12.1. The topological polar surface area (TPSA) is 91.7 Å². The Morgan fingerprint density at radius 3 is 2.35 bits per heavy atom. The van der Waals surface area contributed by atoms with Gasteiger partial charge in [0.15, 0.2) is 0 Å². The predicted octanol–water partition coefficient (Wildman–Crippen LogP) is 2.88. The first-order valence-corrected chi connectivity index (χ1v) is 7.87. The van der Waals surface area contributed by atoms with Gasteiger partial charge in [0.25, 0.3) is 0 Å². The lowest BCUT2D eigenvalue weighted by Gasteiger charge is -2.05. The van der Waals surface area contributed by atoms with Crippen LogP contribution < -0.4 is 15.2 Å². The molecule has 0 aliphatic heterocycles. The van der Waals surface area contributed by atoms with Crippen molar-refractivity contribution in [3.8, 4) is 11.5 Å². The van der Waals surface area contributed by atoms with E-state index in [0.717, 1.165) is 11.3 Å². The minimum Gasteiger partial charge on any atom is -0.497 e. The Kier molecular flexibility index (Phi) is 4.98. The van der Waals surface area contributed by atoms with Gasteiger partial charge in [0.1, 0.15) is 11.5 Å². The van der Waals surface area contributed by atoms with Crippen LogP contribution in [0.4, 0.5) is 5.95 Å². The van der Waals surface area contributed by atoms with E-state index in [9.17, 15) is 4.79 Å². The molecule has 0 unspecified atom stereocenters. The molecule has 2 N–H and O–H groups in total. The van der Waals surface area contributed by atoms with E-state index in [1.54, 1.807) is 68.1 Å². The number of carbonyl (C=O) groups excluding carboxylic acids is 1. The number of benzene rings is 2. The van der Waals surface area contributed by atoms with Crippen LogP contribution in [0.15, 0.2) is 59.8 Å². The number of hydrogen-bond acceptors (Lipinski definition) is 6. The Bertz CT molecular complexity index is 928. The van der Waals surface area contributed by atoms with Crippen molar-refractivity contribution in [1.82, 2.24) is 9.66 Å². The summed E-state index contributed by atoms with van der Waals surface area (Å²) < 4.78 is 11.9. The molecule has 0 atom stereocenters. The van der Waals surface area contributed by atoms with Crippen LogP contribution in [-0.2, 0) is 0 Å². The fourth-order valence-electron chi connectivity index (χ4n) is 2.24. The number of ether oxygens (including phenoxy) is 2. The molecule has 2 aromatic carbocycles. The van der Waals surface area contributed by atoms with Crippen molar-refractivity contribution in [1.29, 1.82) is 0 Å². The first kappa shape index (κ1) is 17.2. The van der Waals surface area contributed by atoms with Crippen molar-refractivity contribution in [3.05, 3.63) is 71.5 Å². The quantitative estimate of drug-likeness (QED) is 0.434. The third kappa shape index (κ3) is 4.07. The maximum absolute atomic E-state index is 12.1. The molecule has 0 saturated carbocycles. The molecule has 0 fully saturated rings. The molecule has 0 spiro atoms. The van der Waals surface area contributed by atoms with Crippen molar-refractivity contribution in [2.75, 3.05) is 12.8 Å². The van der Waals surface area contributed by atoms with Gasteiger partial charge in [0, 0.05) is 0 Å². The van der Waals surface area contributed by atoms with Crippen LogP contribution in [0.2, 0.25) is 0 Å². The summed E-state index contributed by atoms with van der Waals surface area (Å²) in [6.07, 6.45) is 3.38. The van der Waals surface area contributed by atoms with Gasteiger partial charge >= 0.3 is 5.97 Å². The van der Waals surface area contributed by atoms with Gasteiger partial charge in [0.05, 0.1) is 30.8 Å². The molecule has 3 aromatic rings. The molecule has 1 heterocycles. The summed E-state index contributed by atoms with van der Waals surface area (Å²) in [5, 5.41) is 4.24. The van der Waals surface area contributed by atoms with E-state index in [0.29, 0.717) is 23.0 Å². The number of nitrogens with two attached hydrogens (primary N) is 1. The van der Waals surface area contributed by atoms with Crippen LogP contribution >= 0.6 is 0 Å². The van der Waals surface area contributed by atoms with Crippen LogP contribution in [0.1, 0.15) is 21.6 Å². The number of carbonyl (C=O) groups is 1. The summed E-state index contributed by atoms with van der Waals surface area (Å²) in [4.78, 5) is 16.2. The normalized spacial score (nSPS) is 10.8. The number of hydrogen-bond donors (Lipinski definition) is 1. The molecule has 26 heavy (non-hydrogen) atoms. The molecule has 3 rings (SSSR count). The van der Waals surface area contributed by atoms with Crippen molar-refractivity contribution in [2.45, 2.75) is 6.92 Å². The predicted molar refractivity (Wildman–Crippen MR) is 98.8 cm³/mol. The molecule has 0 aliphatic rings. The minimum absolute atomic E-state index is 0.323. The van der Waals surface area contributed by atoms with Gasteiger partial charge < -0.3 is 15.2 Å². The molecule has 0 bridgehead atoms. The molecule has 0 radical (unpaired) electrons. The molecule has 0 saturated heterocycles. The Balaban J connectivity index is 1.65. The number of esters is 1. The zero-order valence-electron chi connectivity index (χ0n) is 14.4. The minimum atomic E-state index is -0.435. The lowest BCUT2D eigenvalue weighted by atomic mass is 10.2. The van der Waals surface area contributed by atoms with Crippen molar-refractivity contribution in [2.24, 2.45) is 5.10 Å². The van der Waals surface area contributed by atoms with Gasteiger partial charge in [-0.25, -0.2) is 14.5 Å². The average Bonchev–Trinajstić information content (AvgIpc) is 2.98. The fourth-order valence-corrected chi connectivity index (χ4v) is 2.24. The highest BCUT2D eigenvalue weighted by Crippen LogP contribution is 2.16. The highest BCUT2D eigenvalue weighted by Gasteiger charge is 2.08. The SMILES string of the molecule is COc1ccc(C(=O)Oc2ccc(C=Nn3cc(C)nc3N)cc2)cc1. The van der Waals surface area contributed by atoms with Crippen LogP contribution in [0.25, 0.3) is 0 Å². The van der Waals surface area contributed by atoms with Gasteiger partial charge in [-0.05, 0) is 61.0 Å². The van der Waals surface area contributed by atoms with Gasteiger partial charge in [-0.15, -0.1) is 0 Å². The number of methoxy groups -OCH3 is 1. The molecule has 7 heteroatoms. The Morgan fingerprint density at radius 2 is 1.77 bits per heavy atom. The molecule has 1 aromatic heterocycles. The molecule has 132 valence electrons. The zero-order valence-corrected chi connectivity index (χ0v) is 14.4. The lowest BCUT2D eigenvalue weighted by molar-refractivity contribution is 0.0734. The van der Waals surface area contributed by atoms with Crippen molar-refractivity contribution >= 4 is 18.1 Å². The molecule has 0 aliphatic carbocycles. The first-order valence-electron chi connectivity index (χ1n) is 7.87. The second kappa shape index (κ2) is 7.52. The summed E-state index contributed by atoms with van der Waals surface area (Å²) in [7, 11) is 1.57. The standard InChI is InChI=1S/C19H18N4O3/c1-13-12-23(19(20)22-13)21-11-14-3-7-17(8-4-14)26-18(24)15-5-9-16(25-2)10-6-15/h3-12H,1-2H3,(H2,20,22). The van der Waals surface area contributed by atoms with E-state index in [2.05, 4.69) is 10.1 Å². The zero-order chi connectivity index (χ0) is 18.5. The maximum Gasteiger partial charge on any atom is 0.343 e. The van der Waals surface area contributed by atoms with Crippen molar-refractivity contribution in [3.63, 3.8) is 0 Å². The van der Waals surface area contributed by atoms with E-state index in [1.807, 2.05) is 6.92 Å². The van der Waals surface area contributed by atoms with Crippen LogP contribution in [-0.4, -0.2) is 29.0 Å². The Hall–Kier alpha value is -3.61. The monoisotopic (exact) mass is 350 g/mol. The van der Waals surface area contributed by atoms with Gasteiger partial charge in [-0.2, -0.15) is 5.10 Å². The van der Waals surface area contributed by atoms with Crippen LogP contribution in [0.3, 0.4) is 0 Å². The number of rotatable bonds is 5. The Labute approximate surface area is 150 Å². The summed E-state index contributed by atoms with van der Waals surface area (Å²) in [6, 6.07) is 13.7. The molecule has 0 amide bonds. The summed E-state index contributed by atoms with van der Waals surface area (Å²) >= 11 is 0. The van der Waals surface area contributed by atoms with Gasteiger partial charge in [0.2, 0.25) is 5.95 Å². The smallest absolute Gasteiger partial charge is 0.343 e. The molecular formula is C19H18N4O3. The number of aryl methyl sites for hydroxylation is 1. The second-order valence-electron chi connectivity index (χ2n) is 5.52. The number of nitrogen functional groups attached to an aromatic ring is 1. The number of aromatic nitrogens is 2. The van der Waals surface area contributed by atoms with Gasteiger partial charge in [-0.1, -0.05) is 0 Å². The first-order chi connectivity index (χ1) is 12.5. The summed E-state index contributed by atoms with van der Waals surface area (Å²) in [5.74, 6) is 1.01. The molecule has 7 nitrogen and oxygen atoms in total. The Morgan fingerprint density at radius 1 is 1.12 bits per heavy atom. The third-order valence-corrected chi connectivity index (χ3v) is 3.58. The number of anilines is 1. The van der Waals surface area contributed by atoms with E-state index in [4.69, 9.17) is 15.2 Å². The molecular weight excluding hydrogens is 332 g/mol. The summed E-state index contributed by atoms with van der Waals surface area (Å²) in [6.45, 7) is 1.84.